The van der Waals surface area contributed by atoms with Crippen molar-refractivity contribution in [2.45, 2.75) is 13.8 Å². The van der Waals surface area contributed by atoms with Gasteiger partial charge in [-0.1, -0.05) is 6.07 Å². The van der Waals surface area contributed by atoms with Crippen LogP contribution in [0.3, 0.4) is 0 Å². The van der Waals surface area contributed by atoms with Crippen molar-refractivity contribution < 1.29 is 0 Å². The minimum atomic E-state index is 0.519. The number of aliphatic imine (C=N–C) groups is 1. The van der Waals surface area contributed by atoms with Crippen LogP contribution in [0.4, 0.5) is 0 Å². The van der Waals surface area contributed by atoms with E-state index in [2.05, 4.69) is 9.98 Å². The summed E-state index contributed by atoms with van der Waals surface area (Å²) in [6.45, 7) is 3.98. The molecule has 0 amide bonds. The first-order chi connectivity index (χ1) is 7.13. The van der Waals surface area contributed by atoms with Crippen molar-refractivity contribution in [2.75, 3.05) is 7.05 Å². The molecule has 78 valence electrons. The number of nitrogens with two attached hydrogens (primary N) is 1. The molecule has 0 aromatic carbocycles. The summed E-state index contributed by atoms with van der Waals surface area (Å²) >= 11 is 0. The number of imidazole rings is 1. The highest BCUT2D eigenvalue weighted by atomic mass is 15.0. The van der Waals surface area contributed by atoms with Crippen LogP contribution in [-0.2, 0) is 0 Å². The fraction of sp³-hybridized carbons (Fsp3) is 0.273. The Kier molecular flexibility index (Phi) is 2.19. The number of aryl methyl sites for hydroxylation is 2. The number of aromatic nitrogens is 2. The van der Waals surface area contributed by atoms with Crippen molar-refractivity contribution >= 4 is 11.5 Å². The molecule has 0 bridgehead atoms. The van der Waals surface area contributed by atoms with E-state index in [4.69, 9.17) is 5.73 Å². The van der Waals surface area contributed by atoms with Crippen molar-refractivity contribution in [3.63, 3.8) is 0 Å². The molecular weight excluding hydrogens is 188 g/mol. The Labute approximate surface area is 88.5 Å². The minimum absolute atomic E-state index is 0.519. The number of pyridine rings is 1. The number of fused-ring (bicyclic) bond motifs is 1. The van der Waals surface area contributed by atoms with Gasteiger partial charge in [0.1, 0.15) is 17.2 Å². The Morgan fingerprint density at radius 3 is 2.80 bits per heavy atom. The molecule has 0 atom stereocenters. The summed E-state index contributed by atoms with van der Waals surface area (Å²) in [6, 6.07) is 4.01. The largest absolute Gasteiger partial charge is 0.382 e. The fourth-order valence-corrected chi connectivity index (χ4v) is 1.68. The van der Waals surface area contributed by atoms with Crippen LogP contribution in [0.1, 0.15) is 17.0 Å². The van der Waals surface area contributed by atoms with Gasteiger partial charge in [-0.25, -0.2) is 4.98 Å². The molecule has 2 heterocycles. The van der Waals surface area contributed by atoms with Gasteiger partial charge in [0.05, 0.1) is 5.69 Å². The first-order valence-corrected chi connectivity index (χ1v) is 4.81. The summed E-state index contributed by atoms with van der Waals surface area (Å²) in [7, 11) is 1.68. The smallest absolute Gasteiger partial charge is 0.144 e. The zero-order valence-corrected chi connectivity index (χ0v) is 9.15. The molecule has 2 aromatic heterocycles. The van der Waals surface area contributed by atoms with Crippen molar-refractivity contribution in [3.05, 3.63) is 35.3 Å². The molecule has 0 radical (unpaired) electrons. The predicted octanol–water partition coefficient (Wildman–Crippen LogP) is 1.29. The van der Waals surface area contributed by atoms with Gasteiger partial charge >= 0.3 is 0 Å². The Morgan fingerprint density at radius 1 is 1.40 bits per heavy atom. The highest BCUT2D eigenvalue weighted by Gasteiger charge is 2.11. The van der Waals surface area contributed by atoms with Gasteiger partial charge in [-0.15, -0.1) is 0 Å². The van der Waals surface area contributed by atoms with Crippen LogP contribution in [0.5, 0.6) is 0 Å². The van der Waals surface area contributed by atoms with E-state index in [9.17, 15) is 0 Å². The van der Waals surface area contributed by atoms with Gasteiger partial charge in [0, 0.05) is 13.2 Å². The molecule has 0 fully saturated rings. The number of amidine groups is 1. The summed E-state index contributed by atoms with van der Waals surface area (Å²) in [4.78, 5) is 8.43. The van der Waals surface area contributed by atoms with Crippen LogP contribution in [0, 0.1) is 13.8 Å². The number of rotatable bonds is 1. The second-order valence-electron chi connectivity index (χ2n) is 3.59. The zero-order valence-electron chi connectivity index (χ0n) is 9.15. The Balaban J connectivity index is 2.82. The molecule has 0 aliphatic carbocycles. The lowest BCUT2D eigenvalue weighted by molar-refractivity contribution is 1.12. The second kappa shape index (κ2) is 3.38. The molecular formula is C11H14N4. The normalized spacial score (nSPS) is 12.3. The van der Waals surface area contributed by atoms with Gasteiger partial charge in [0.2, 0.25) is 0 Å². The second-order valence-corrected chi connectivity index (χ2v) is 3.59. The molecule has 0 aliphatic heterocycles. The quantitative estimate of drug-likeness (QED) is 0.559. The number of hydrogen-bond donors (Lipinski definition) is 1. The van der Waals surface area contributed by atoms with E-state index in [0.29, 0.717) is 5.84 Å². The van der Waals surface area contributed by atoms with Gasteiger partial charge in [-0.2, -0.15) is 0 Å². The Hall–Kier alpha value is -1.84. The van der Waals surface area contributed by atoms with Crippen molar-refractivity contribution in [2.24, 2.45) is 10.7 Å². The number of hydrogen-bond acceptors (Lipinski definition) is 2. The highest BCUT2D eigenvalue weighted by Crippen LogP contribution is 2.12. The third-order valence-corrected chi connectivity index (χ3v) is 2.42. The molecule has 0 spiro atoms. The third-order valence-electron chi connectivity index (χ3n) is 2.42. The van der Waals surface area contributed by atoms with Crippen LogP contribution < -0.4 is 5.73 Å². The van der Waals surface area contributed by atoms with Crippen molar-refractivity contribution in [3.8, 4) is 0 Å². The predicted molar refractivity (Wildman–Crippen MR) is 61.3 cm³/mol. The summed E-state index contributed by atoms with van der Waals surface area (Å²) in [5.41, 5.74) is 9.71. The molecule has 15 heavy (non-hydrogen) atoms. The average Bonchev–Trinajstić information content (AvgIpc) is 2.52. The molecule has 0 saturated carbocycles. The third kappa shape index (κ3) is 1.48. The van der Waals surface area contributed by atoms with Crippen molar-refractivity contribution in [1.82, 2.24) is 9.38 Å². The lowest BCUT2D eigenvalue weighted by atomic mass is 10.3. The van der Waals surface area contributed by atoms with Gasteiger partial charge < -0.3 is 5.73 Å². The van der Waals surface area contributed by atoms with E-state index in [-0.39, 0.29) is 0 Å². The van der Waals surface area contributed by atoms with Crippen molar-refractivity contribution in [1.29, 1.82) is 0 Å². The number of nitrogens with zero attached hydrogens (tertiary/aromatic N) is 3. The Morgan fingerprint density at radius 2 is 2.13 bits per heavy atom. The van der Waals surface area contributed by atoms with Gasteiger partial charge in [-0.05, 0) is 25.5 Å². The van der Waals surface area contributed by atoms with Gasteiger partial charge in [-0.3, -0.25) is 9.39 Å². The molecule has 0 aliphatic rings. The van der Waals surface area contributed by atoms with E-state index < -0.39 is 0 Å². The summed E-state index contributed by atoms with van der Waals surface area (Å²) in [5, 5.41) is 0. The van der Waals surface area contributed by atoms with Crippen LogP contribution in [0.2, 0.25) is 0 Å². The monoisotopic (exact) mass is 202 g/mol. The van der Waals surface area contributed by atoms with E-state index in [1.54, 1.807) is 7.05 Å². The van der Waals surface area contributed by atoms with E-state index in [1.807, 2.05) is 36.6 Å². The molecule has 0 saturated heterocycles. The zero-order chi connectivity index (χ0) is 11.0. The molecule has 0 unspecified atom stereocenters. The van der Waals surface area contributed by atoms with Crippen LogP contribution in [0.15, 0.2) is 23.3 Å². The molecule has 2 rings (SSSR count). The maximum Gasteiger partial charge on any atom is 0.144 e. The van der Waals surface area contributed by atoms with E-state index >= 15 is 0 Å². The van der Waals surface area contributed by atoms with E-state index in [0.717, 1.165) is 17.0 Å². The first kappa shape index (κ1) is 9.71. The maximum absolute atomic E-state index is 5.84. The molecule has 2 aromatic rings. The Bertz CT molecular complexity index is 537. The molecule has 4 nitrogen and oxygen atoms in total. The summed E-state index contributed by atoms with van der Waals surface area (Å²) in [6.07, 6.45) is 2.02. The minimum Gasteiger partial charge on any atom is -0.382 e. The topological polar surface area (TPSA) is 55.7 Å². The SMILES string of the molecule is CN=C(N)c1c(C)nc2ccc(C)cn12. The van der Waals surface area contributed by atoms with Crippen LogP contribution >= 0.6 is 0 Å². The van der Waals surface area contributed by atoms with E-state index in [1.165, 1.54) is 5.56 Å². The standard InChI is InChI=1S/C11H14N4/c1-7-4-5-9-14-8(2)10(11(12)13-3)15(9)6-7/h4-6H,1-3H3,(H2,12,13). The van der Waals surface area contributed by atoms with Crippen LogP contribution in [0.25, 0.3) is 5.65 Å². The summed E-state index contributed by atoms with van der Waals surface area (Å²) in [5.74, 6) is 0.519. The average molecular weight is 202 g/mol. The fourth-order valence-electron chi connectivity index (χ4n) is 1.68. The maximum atomic E-state index is 5.84. The van der Waals surface area contributed by atoms with Crippen LogP contribution in [-0.4, -0.2) is 22.3 Å². The lowest BCUT2D eigenvalue weighted by Crippen LogP contribution is -2.16. The van der Waals surface area contributed by atoms with Gasteiger partial charge in [0.15, 0.2) is 0 Å². The lowest BCUT2D eigenvalue weighted by Gasteiger charge is -2.02. The highest BCUT2D eigenvalue weighted by molar-refractivity contribution is 5.97. The summed E-state index contributed by atoms with van der Waals surface area (Å²) < 4.78 is 1.98. The molecule has 4 heteroatoms. The van der Waals surface area contributed by atoms with Gasteiger partial charge in [0.25, 0.3) is 0 Å². The first-order valence-electron chi connectivity index (χ1n) is 4.81. The molecule has 2 N–H and O–H groups in total.